The van der Waals surface area contributed by atoms with Gasteiger partial charge in [-0.15, -0.1) is 0 Å². The summed E-state index contributed by atoms with van der Waals surface area (Å²) in [5.41, 5.74) is 1.36. The monoisotopic (exact) mass is 421 g/mol. The van der Waals surface area contributed by atoms with Crippen molar-refractivity contribution in [2.24, 2.45) is 5.92 Å². The van der Waals surface area contributed by atoms with Crippen molar-refractivity contribution >= 4 is 11.9 Å². The SMILES string of the molecule is CCO[C@H]1OC(C(=O)NCCOC)=C[C@@H](c2ccc(C(=O)OC)cc2)[C@H]1CCCO. The number of carbonyl (C=O) groups excluding carboxylic acids is 2. The van der Waals surface area contributed by atoms with Crippen LogP contribution in [0.5, 0.6) is 0 Å². The number of methoxy groups -OCH3 is 2. The fourth-order valence-corrected chi connectivity index (χ4v) is 3.46. The normalized spacial score (nSPS) is 20.8. The Morgan fingerprint density at radius 1 is 1.20 bits per heavy atom. The van der Waals surface area contributed by atoms with E-state index in [-0.39, 0.29) is 30.1 Å². The van der Waals surface area contributed by atoms with Gasteiger partial charge in [0.2, 0.25) is 6.29 Å². The summed E-state index contributed by atoms with van der Waals surface area (Å²) in [6, 6.07) is 7.07. The molecule has 8 heteroatoms. The molecule has 1 aromatic carbocycles. The van der Waals surface area contributed by atoms with Gasteiger partial charge in [0.15, 0.2) is 5.76 Å². The molecular formula is C22H31NO7. The topological polar surface area (TPSA) is 103 Å². The third-order valence-corrected chi connectivity index (χ3v) is 4.94. The number of amides is 1. The van der Waals surface area contributed by atoms with Gasteiger partial charge in [-0.3, -0.25) is 4.79 Å². The Morgan fingerprint density at radius 3 is 2.53 bits per heavy atom. The summed E-state index contributed by atoms with van der Waals surface area (Å²) in [4.78, 5) is 24.3. The summed E-state index contributed by atoms with van der Waals surface area (Å²) in [7, 11) is 2.90. The molecule has 2 N–H and O–H groups in total. The highest BCUT2D eigenvalue weighted by atomic mass is 16.7. The van der Waals surface area contributed by atoms with Gasteiger partial charge < -0.3 is 29.4 Å². The summed E-state index contributed by atoms with van der Waals surface area (Å²) in [6.45, 7) is 3.10. The van der Waals surface area contributed by atoms with E-state index in [2.05, 4.69) is 5.32 Å². The molecular weight excluding hydrogens is 390 g/mol. The van der Waals surface area contributed by atoms with Crippen LogP contribution in [0.2, 0.25) is 0 Å². The van der Waals surface area contributed by atoms with Crippen LogP contribution in [-0.4, -0.2) is 63.9 Å². The number of esters is 1. The number of nitrogens with one attached hydrogen (secondary N) is 1. The molecule has 0 aliphatic carbocycles. The first-order valence-electron chi connectivity index (χ1n) is 10.1. The molecule has 0 saturated heterocycles. The van der Waals surface area contributed by atoms with E-state index in [1.807, 2.05) is 19.1 Å². The van der Waals surface area contributed by atoms with Crippen LogP contribution >= 0.6 is 0 Å². The average molecular weight is 421 g/mol. The number of allylic oxidation sites excluding steroid dienone is 1. The third-order valence-electron chi connectivity index (χ3n) is 4.94. The van der Waals surface area contributed by atoms with Crippen molar-refractivity contribution < 1.29 is 33.6 Å². The number of hydrogen-bond acceptors (Lipinski definition) is 7. The number of carbonyl (C=O) groups is 2. The van der Waals surface area contributed by atoms with Crippen molar-refractivity contribution in [2.45, 2.75) is 32.0 Å². The predicted octanol–water partition coefficient (Wildman–Crippen LogP) is 1.98. The Kier molecular flexibility index (Phi) is 9.79. The maximum Gasteiger partial charge on any atom is 0.337 e. The lowest BCUT2D eigenvalue weighted by molar-refractivity contribution is -0.166. The molecule has 2 rings (SSSR count). The molecule has 0 saturated carbocycles. The van der Waals surface area contributed by atoms with Crippen LogP contribution in [0.4, 0.5) is 0 Å². The van der Waals surface area contributed by atoms with E-state index >= 15 is 0 Å². The van der Waals surface area contributed by atoms with E-state index in [1.54, 1.807) is 25.3 Å². The first kappa shape index (κ1) is 23.9. The zero-order chi connectivity index (χ0) is 21.9. The maximum absolute atomic E-state index is 12.6. The van der Waals surface area contributed by atoms with Gasteiger partial charge in [0.1, 0.15) is 0 Å². The van der Waals surface area contributed by atoms with Gasteiger partial charge in [-0.2, -0.15) is 0 Å². The highest BCUT2D eigenvalue weighted by molar-refractivity contribution is 5.92. The summed E-state index contributed by atoms with van der Waals surface area (Å²) >= 11 is 0. The van der Waals surface area contributed by atoms with E-state index in [1.165, 1.54) is 7.11 Å². The standard InChI is InChI=1S/C22H31NO7/c1-4-29-22-17(6-5-12-24)18(14-19(30-22)20(25)23-11-13-27-2)15-7-9-16(10-8-15)21(26)28-3/h7-10,14,17-18,22,24H,4-6,11-13H2,1-3H3,(H,23,25)/t17-,18+,22+/m1/s1. The highest BCUT2D eigenvalue weighted by Crippen LogP contribution is 2.39. The lowest BCUT2D eigenvalue weighted by Gasteiger charge is -2.37. The minimum absolute atomic E-state index is 0.0530. The lowest BCUT2D eigenvalue weighted by atomic mass is 9.80. The molecule has 0 aromatic heterocycles. The first-order chi connectivity index (χ1) is 14.5. The van der Waals surface area contributed by atoms with Crippen molar-refractivity contribution in [2.75, 3.05) is 40.6 Å². The van der Waals surface area contributed by atoms with Crippen LogP contribution in [0.1, 0.15) is 41.6 Å². The van der Waals surface area contributed by atoms with Crippen molar-refractivity contribution in [1.29, 1.82) is 0 Å². The molecule has 8 nitrogen and oxygen atoms in total. The maximum atomic E-state index is 12.6. The van der Waals surface area contributed by atoms with Gasteiger partial charge in [0, 0.05) is 38.7 Å². The van der Waals surface area contributed by atoms with Crippen LogP contribution in [0.15, 0.2) is 36.1 Å². The zero-order valence-corrected chi connectivity index (χ0v) is 17.8. The van der Waals surface area contributed by atoms with E-state index < -0.39 is 12.3 Å². The Labute approximate surface area is 177 Å². The average Bonchev–Trinajstić information content (AvgIpc) is 2.77. The van der Waals surface area contributed by atoms with Gasteiger partial charge >= 0.3 is 5.97 Å². The molecule has 0 spiro atoms. The molecule has 0 unspecified atom stereocenters. The second-order valence-electron chi connectivity index (χ2n) is 6.89. The fraction of sp³-hybridized carbons (Fsp3) is 0.545. The first-order valence-corrected chi connectivity index (χ1v) is 10.1. The van der Waals surface area contributed by atoms with Gasteiger partial charge in [-0.05, 0) is 43.5 Å². The number of aliphatic hydroxyl groups excluding tert-OH is 1. The lowest BCUT2D eigenvalue weighted by Crippen LogP contribution is -2.39. The highest BCUT2D eigenvalue weighted by Gasteiger charge is 2.37. The smallest absolute Gasteiger partial charge is 0.337 e. The summed E-state index contributed by atoms with van der Waals surface area (Å²) in [5, 5.41) is 12.1. The van der Waals surface area contributed by atoms with E-state index in [0.717, 1.165) is 5.56 Å². The predicted molar refractivity (Wildman–Crippen MR) is 110 cm³/mol. The van der Waals surface area contributed by atoms with Gasteiger partial charge in [-0.1, -0.05) is 12.1 Å². The number of ether oxygens (including phenoxy) is 4. The number of benzene rings is 1. The molecule has 0 radical (unpaired) electrons. The largest absolute Gasteiger partial charge is 0.465 e. The quantitative estimate of drug-likeness (QED) is 0.416. The van der Waals surface area contributed by atoms with Crippen molar-refractivity contribution in [3.8, 4) is 0 Å². The van der Waals surface area contributed by atoms with Gasteiger partial charge in [0.25, 0.3) is 5.91 Å². The fourth-order valence-electron chi connectivity index (χ4n) is 3.46. The molecule has 1 aromatic rings. The molecule has 0 bridgehead atoms. The second-order valence-corrected chi connectivity index (χ2v) is 6.89. The third kappa shape index (κ3) is 6.29. The second kappa shape index (κ2) is 12.3. The van der Waals surface area contributed by atoms with Crippen LogP contribution < -0.4 is 5.32 Å². The molecule has 166 valence electrons. The van der Waals surface area contributed by atoms with Crippen molar-refractivity contribution in [3.63, 3.8) is 0 Å². The minimum Gasteiger partial charge on any atom is -0.465 e. The number of rotatable bonds is 11. The Morgan fingerprint density at radius 2 is 1.93 bits per heavy atom. The summed E-state index contributed by atoms with van der Waals surface area (Å²) in [6.07, 6.45) is 2.39. The molecule has 1 aliphatic rings. The zero-order valence-electron chi connectivity index (χ0n) is 17.8. The molecule has 0 fully saturated rings. The van der Waals surface area contributed by atoms with E-state index in [0.29, 0.717) is 38.2 Å². The van der Waals surface area contributed by atoms with Crippen molar-refractivity contribution in [1.82, 2.24) is 5.32 Å². The number of aliphatic hydroxyl groups is 1. The Balaban J connectivity index is 2.35. The van der Waals surface area contributed by atoms with E-state index in [9.17, 15) is 14.7 Å². The van der Waals surface area contributed by atoms with Crippen molar-refractivity contribution in [3.05, 3.63) is 47.2 Å². The van der Waals surface area contributed by atoms with Crippen LogP contribution in [-0.2, 0) is 23.7 Å². The van der Waals surface area contributed by atoms with Crippen LogP contribution in [0.3, 0.4) is 0 Å². The molecule has 3 atom stereocenters. The molecule has 30 heavy (non-hydrogen) atoms. The molecule has 1 heterocycles. The van der Waals surface area contributed by atoms with Gasteiger partial charge in [-0.25, -0.2) is 4.79 Å². The van der Waals surface area contributed by atoms with E-state index in [4.69, 9.17) is 18.9 Å². The molecule has 1 aliphatic heterocycles. The van der Waals surface area contributed by atoms with Gasteiger partial charge in [0.05, 0.1) is 19.3 Å². The minimum atomic E-state index is -0.625. The Hall–Kier alpha value is -2.42. The Bertz CT molecular complexity index is 717. The van der Waals surface area contributed by atoms with Crippen LogP contribution in [0, 0.1) is 5.92 Å². The summed E-state index contributed by atoms with van der Waals surface area (Å²) in [5.74, 6) is -0.847. The number of hydrogen-bond donors (Lipinski definition) is 2. The molecule has 1 amide bonds. The van der Waals surface area contributed by atoms with Crippen LogP contribution in [0.25, 0.3) is 0 Å². The summed E-state index contributed by atoms with van der Waals surface area (Å²) < 4.78 is 21.4.